The second-order valence-corrected chi connectivity index (χ2v) is 8.94. The second kappa shape index (κ2) is 11.7. The Kier molecular flexibility index (Phi) is 8.72. The summed E-state index contributed by atoms with van der Waals surface area (Å²) >= 11 is 0. The van der Waals surface area contributed by atoms with Gasteiger partial charge in [0.25, 0.3) is 15.9 Å². The highest BCUT2D eigenvalue weighted by Crippen LogP contribution is 2.22. The molecule has 1 aliphatic rings. The maximum atomic E-state index is 12.6. The van der Waals surface area contributed by atoms with E-state index in [0.717, 1.165) is 39.3 Å². The molecule has 1 fully saturated rings. The van der Waals surface area contributed by atoms with Gasteiger partial charge in [-0.3, -0.25) is 14.4 Å². The molecule has 32 heavy (non-hydrogen) atoms. The maximum Gasteiger partial charge on any atom is 0.261 e. The fourth-order valence-corrected chi connectivity index (χ4v) is 4.22. The van der Waals surface area contributed by atoms with Gasteiger partial charge in [-0.1, -0.05) is 6.07 Å². The average molecular weight is 464 g/mol. The molecule has 0 radical (unpaired) electrons. The number of hydrogen-bond donors (Lipinski definition) is 2. The van der Waals surface area contributed by atoms with E-state index in [-0.39, 0.29) is 17.4 Å². The molecule has 0 aromatic heterocycles. The number of sulfonamides is 1. The molecule has 0 unspecified atom stereocenters. The van der Waals surface area contributed by atoms with Crippen molar-refractivity contribution in [1.82, 2.24) is 10.2 Å². The quantitative estimate of drug-likeness (QED) is 0.489. The molecule has 0 atom stereocenters. The van der Waals surface area contributed by atoms with Crippen LogP contribution in [-0.4, -0.2) is 72.3 Å². The van der Waals surface area contributed by atoms with Gasteiger partial charge in [0.15, 0.2) is 6.61 Å². The van der Waals surface area contributed by atoms with Crippen molar-refractivity contribution >= 4 is 21.6 Å². The van der Waals surface area contributed by atoms with Gasteiger partial charge >= 0.3 is 0 Å². The van der Waals surface area contributed by atoms with E-state index in [1.54, 1.807) is 24.3 Å². The van der Waals surface area contributed by atoms with Crippen LogP contribution < -0.4 is 19.5 Å². The molecule has 1 saturated heterocycles. The lowest BCUT2D eigenvalue weighted by Crippen LogP contribution is -2.38. The monoisotopic (exact) mass is 463 g/mol. The largest absolute Gasteiger partial charge is 0.497 e. The lowest BCUT2D eigenvalue weighted by atomic mass is 10.3. The van der Waals surface area contributed by atoms with Crippen LogP contribution in [0.1, 0.15) is 6.42 Å². The summed E-state index contributed by atoms with van der Waals surface area (Å²) in [5.41, 5.74) is 0.398. The Morgan fingerprint density at radius 3 is 2.56 bits per heavy atom. The van der Waals surface area contributed by atoms with Gasteiger partial charge in [0.1, 0.15) is 11.5 Å². The first-order valence-electron chi connectivity index (χ1n) is 10.4. The summed E-state index contributed by atoms with van der Waals surface area (Å²) in [4.78, 5) is 14.4. The summed E-state index contributed by atoms with van der Waals surface area (Å²) < 4.78 is 43.5. The minimum absolute atomic E-state index is 0.0836. The number of hydrogen-bond acceptors (Lipinski definition) is 7. The third-order valence-corrected chi connectivity index (χ3v) is 6.30. The molecule has 3 rings (SSSR count). The molecule has 0 bridgehead atoms. The van der Waals surface area contributed by atoms with Crippen LogP contribution in [0.25, 0.3) is 0 Å². The van der Waals surface area contributed by atoms with Gasteiger partial charge < -0.3 is 19.5 Å². The average Bonchev–Trinajstić information content (AvgIpc) is 2.81. The molecule has 0 aliphatic carbocycles. The molecule has 1 amide bonds. The predicted molar refractivity (Wildman–Crippen MR) is 121 cm³/mol. The Balaban J connectivity index is 1.42. The molecule has 0 saturated carbocycles. The van der Waals surface area contributed by atoms with Crippen molar-refractivity contribution in [1.29, 1.82) is 0 Å². The molecule has 2 aromatic rings. The summed E-state index contributed by atoms with van der Waals surface area (Å²) in [6.45, 7) is 4.74. The van der Waals surface area contributed by atoms with E-state index in [0.29, 0.717) is 23.7 Å². The highest BCUT2D eigenvalue weighted by molar-refractivity contribution is 7.92. The van der Waals surface area contributed by atoms with Crippen LogP contribution in [0.5, 0.6) is 11.5 Å². The van der Waals surface area contributed by atoms with Gasteiger partial charge in [-0.05, 0) is 49.4 Å². The first kappa shape index (κ1) is 23.8. The van der Waals surface area contributed by atoms with Gasteiger partial charge in [-0.2, -0.15) is 0 Å². The first-order valence-corrected chi connectivity index (χ1v) is 11.9. The van der Waals surface area contributed by atoms with E-state index in [2.05, 4.69) is 14.9 Å². The number of carbonyl (C=O) groups excluding carboxylic acids is 1. The van der Waals surface area contributed by atoms with Gasteiger partial charge in [-0.25, -0.2) is 8.42 Å². The molecule has 10 heteroatoms. The van der Waals surface area contributed by atoms with Crippen LogP contribution in [0.4, 0.5) is 5.69 Å². The van der Waals surface area contributed by atoms with Crippen molar-refractivity contribution in [2.45, 2.75) is 11.3 Å². The zero-order valence-electron chi connectivity index (χ0n) is 18.1. The van der Waals surface area contributed by atoms with Crippen LogP contribution in [0.3, 0.4) is 0 Å². The summed E-state index contributed by atoms with van der Waals surface area (Å²) in [6, 6.07) is 12.5. The number of anilines is 1. The van der Waals surface area contributed by atoms with Gasteiger partial charge in [0.05, 0.1) is 30.9 Å². The van der Waals surface area contributed by atoms with Crippen LogP contribution in [-0.2, 0) is 19.6 Å². The van der Waals surface area contributed by atoms with Crippen molar-refractivity contribution in [2.24, 2.45) is 0 Å². The van der Waals surface area contributed by atoms with Gasteiger partial charge in [0.2, 0.25) is 0 Å². The number of methoxy groups -OCH3 is 1. The molecule has 1 aliphatic heterocycles. The number of benzene rings is 2. The Morgan fingerprint density at radius 1 is 1.09 bits per heavy atom. The van der Waals surface area contributed by atoms with Crippen molar-refractivity contribution in [3.05, 3.63) is 48.5 Å². The lowest BCUT2D eigenvalue weighted by molar-refractivity contribution is -0.123. The molecule has 0 spiro atoms. The topological polar surface area (TPSA) is 106 Å². The van der Waals surface area contributed by atoms with E-state index in [1.165, 1.54) is 31.4 Å². The fraction of sp³-hybridized carbons (Fsp3) is 0.409. The van der Waals surface area contributed by atoms with Crippen LogP contribution in [0.15, 0.2) is 53.4 Å². The van der Waals surface area contributed by atoms with Crippen molar-refractivity contribution < 1.29 is 27.4 Å². The second-order valence-electron chi connectivity index (χ2n) is 7.26. The minimum atomic E-state index is -3.76. The smallest absolute Gasteiger partial charge is 0.261 e. The number of amides is 1. The number of nitrogens with zero attached hydrogens (tertiary/aromatic N) is 1. The standard InChI is InChI=1S/C22H29N3O6S/c1-29-20-5-2-4-18(16-20)24-32(27,28)21-8-6-19(7-9-21)31-17-22(26)23-10-3-11-25-12-14-30-15-13-25/h2,4-9,16,24H,3,10-15,17H2,1H3,(H,23,26). The molecule has 2 aromatic carbocycles. The molecule has 174 valence electrons. The van der Waals surface area contributed by atoms with Gasteiger partial charge in [0, 0.05) is 25.7 Å². The van der Waals surface area contributed by atoms with Crippen LogP contribution in [0.2, 0.25) is 0 Å². The lowest BCUT2D eigenvalue weighted by Gasteiger charge is -2.26. The highest BCUT2D eigenvalue weighted by Gasteiger charge is 2.15. The molecule has 9 nitrogen and oxygen atoms in total. The van der Waals surface area contributed by atoms with Crippen LogP contribution in [0, 0.1) is 0 Å². The van der Waals surface area contributed by atoms with E-state index >= 15 is 0 Å². The fourth-order valence-electron chi connectivity index (χ4n) is 3.17. The Morgan fingerprint density at radius 2 is 1.84 bits per heavy atom. The Labute approximate surface area is 188 Å². The number of nitrogens with one attached hydrogen (secondary N) is 2. The zero-order valence-corrected chi connectivity index (χ0v) is 18.9. The van der Waals surface area contributed by atoms with Crippen molar-refractivity contribution in [3.8, 4) is 11.5 Å². The summed E-state index contributed by atoms with van der Waals surface area (Å²) in [7, 11) is -2.25. The number of morpholine rings is 1. The predicted octanol–water partition coefficient (Wildman–Crippen LogP) is 1.71. The number of ether oxygens (including phenoxy) is 3. The number of rotatable bonds is 11. The van der Waals surface area contributed by atoms with Gasteiger partial charge in [-0.15, -0.1) is 0 Å². The van der Waals surface area contributed by atoms with Crippen molar-refractivity contribution in [2.75, 3.05) is 57.8 Å². The Bertz CT molecular complexity index is 975. The summed E-state index contributed by atoms with van der Waals surface area (Å²) in [5, 5.41) is 2.83. The van der Waals surface area contributed by atoms with E-state index in [1.807, 2.05) is 0 Å². The van der Waals surface area contributed by atoms with E-state index < -0.39 is 10.0 Å². The first-order chi connectivity index (χ1) is 15.5. The van der Waals surface area contributed by atoms with Crippen LogP contribution >= 0.6 is 0 Å². The van der Waals surface area contributed by atoms with Crippen molar-refractivity contribution in [3.63, 3.8) is 0 Å². The van der Waals surface area contributed by atoms with E-state index in [4.69, 9.17) is 14.2 Å². The summed E-state index contributed by atoms with van der Waals surface area (Å²) in [6.07, 6.45) is 0.860. The normalized spacial score (nSPS) is 14.5. The minimum Gasteiger partial charge on any atom is -0.497 e. The Hall–Kier alpha value is -2.82. The molecular formula is C22H29N3O6S. The molecule has 2 N–H and O–H groups in total. The summed E-state index contributed by atoms with van der Waals surface area (Å²) in [5.74, 6) is 0.741. The SMILES string of the molecule is COc1cccc(NS(=O)(=O)c2ccc(OCC(=O)NCCCN3CCOCC3)cc2)c1. The third kappa shape index (κ3) is 7.40. The molecule has 1 heterocycles. The maximum absolute atomic E-state index is 12.6. The third-order valence-electron chi connectivity index (χ3n) is 4.90. The number of carbonyl (C=O) groups is 1. The molecular weight excluding hydrogens is 434 g/mol. The highest BCUT2D eigenvalue weighted by atomic mass is 32.2. The zero-order chi connectivity index (χ0) is 22.8. The van der Waals surface area contributed by atoms with E-state index in [9.17, 15) is 13.2 Å².